The van der Waals surface area contributed by atoms with Crippen molar-refractivity contribution in [2.75, 3.05) is 12.3 Å². The zero-order valence-electron chi connectivity index (χ0n) is 9.17. The molecule has 1 saturated heterocycles. The second-order valence-electron chi connectivity index (χ2n) is 4.13. The van der Waals surface area contributed by atoms with Gasteiger partial charge in [0.15, 0.2) is 11.4 Å². The molecule has 0 aliphatic carbocycles. The molecule has 2 atom stereocenters. The molecule has 2 aromatic rings. The molecule has 5 nitrogen and oxygen atoms in total. The third kappa shape index (κ3) is 1.77. The number of thioether (sulfide) groups is 1. The van der Waals surface area contributed by atoms with E-state index in [2.05, 4.69) is 9.97 Å². The molecule has 3 N–H and O–H groups in total. The SMILES string of the molecule is Nc1ncnc2c([C@H]3CC[C@@H](CO)S3)coc12. The number of anilines is 1. The number of nitrogen functional groups attached to an aromatic ring is 1. The Balaban J connectivity index is 1.99. The summed E-state index contributed by atoms with van der Waals surface area (Å²) in [6, 6.07) is 0. The van der Waals surface area contributed by atoms with Crippen LogP contribution in [0.5, 0.6) is 0 Å². The van der Waals surface area contributed by atoms with E-state index in [1.807, 2.05) is 0 Å². The monoisotopic (exact) mass is 251 g/mol. The number of nitrogens with zero attached hydrogens (tertiary/aromatic N) is 2. The summed E-state index contributed by atoms with van der Waals surface area (Å²) >= 11 is 1.78. The second kappa shape index (κ2) is 4.19. The number of aliphatic hydroxyl groups is 1. The Bertz CT molecular complexity index is 542. The fourth-order valence-corrected chi connectivity index (χ4v) is 3.59. The van der Waals surface area contributed by atoms with Crippen molar-refractivity contribution in [3.05, 3.63) is 18.2 Å². The van der Waals surface area contributed by atoms with E-state index in [-0.39, 0.29) is 6.61 Å². The van der Waals surface area contributed by atoms with Gasteiger partial charge in [-0.15, -0.1) is 11.8 Å². The van der Waals surface area contributed by atoms with Crippen LogP contribution in [0.2, 0.25) is 0 Å². The quantitative estimate of drug-likeness (QED) is 0.845. The third-order valence-corrected chi connectivity index (χ3v) is 4.65. The molecule has 0 spiro atoms. The van der Waals surface area contributed by atoms with Crippen LogP contribution in [0.25, 0.3) is 11.1 Å². The summed E-state index contributed by atoms with van der Waals surface area (Å²) in [5.74, 6) is 0.378. The van der Waals surface area contributed by atoms with Gasteiger partial charge in [-0.3, -0.25) is 0 Å². The molecule has 0 aromatic carbocycles. The zero-order valence-corrected chi connectivity index (χ0v) is 9.98. The van der Waals surface area contributed by atoms with Crippen molar-refractivity contribution in [2.24, 2.45) is 0 Å². The number of rotatable bonds is 2. The molecule has 0 amide bonds. The van der Waals surface area contributed by atoms with Gasteiger partial charge in [0.25, 0.3) is 0 Å². The standard InChI is InChI=1S/C11H13N3O2S/c12-11-10-9(13-5-14-11)7(4-16-10)8-2-1-6(3-15)17-8/h4-6,8,15H,1-3H2,(H2,12,13,14)/t6-,8+/m0/s1. The van der Waals surface area contributed by atoms with Gasteiger partial charge in [0.05, 0.1) is 12.9 Å². The molecule has 0 saturated carbocycles. The molecule has 2 aromatic heterocycles. The van der Waals surface area contributed by atoms with E-state index in [1.165, 1.54) is 6.33 Å². The minimum absolute atomic E-state index is 0.230. The Morgan fingerprint density at radius 3 is 3.12 bits per heavy atom. The van der Waals surface area contributed by atoms with Crippen LogP contribution in [-0.4, -0.2) is 26.9 Å². The van der Waals surface area contributed by atoms with Gasteiger partial charge < -0.3 is 15.3 Å². The molecule has 1 aliphatic rings. The molecular formula is C11H13N3O2S. The van der Waals surface area contributed by atoms with Crippen LogP contribution >= 0.6 is 11.8 Å². The van der Waals surface area contributed by atoms with Gasteiger partial charge >= 0.3 is 0 Å². The Kier molecular flexibility index (Phi) is 2.68. The van der Waals surface area contributed by atoms with Crippen molar-refractivity contribution in [3.63, 3.8) is 0 Å². The normalized spacial score (nSPS) is 24.5. The summed E-state index contributed by atoms with van der Waals surface area (Å²) in [7, 11) is 0. The first-order valence-electron chi connectivity index (χ1n) is 5.53. The van der Waals surface area contributed by atoms with Gasteiger partial charge in [0, 0.05) is 16.1 Å². The summed E-state index contributed by atoms with van der Waals surface area (Å²) < 4.78 is 5.44. The topological polar surface area (TPSA) is 85.2 Å². The first kappa shape index (κ1) is 10.9. The number of hydrogen-bond acceptors (Lipinski definition) is 6. The summed E-state index contributed by atoms with van der Waals surface area (Å²) in [4.78, 5) is 8.14. The lowest BCUT2D eigenvalue weighted by atomic mass is 10.1. The van der Waals surface area contributed by atoms with Gasteiger partial charge in [0.1, 0.15) is 11.8 Å². The van der Waals surface area contributed by atoms with E-state index in [0.717, 1.165) is 23.9 Å². The second-order valence-corrected chi connectivity index (χ2v) is 5.64. The highest BCUT2D eigenvalue weighted by atomic mass is 32.2. The third-order valence-electron chi connectivity index (χ3n) is 3.07. The zero-order chi connectivity index (χ0) is 11.8. The molecule has 0 bridgehead atoms. The number of fused-ring (bicyclic) bond motifs is 1. The summed E-state index contributed by atoms with van der Waals surface area (Å²) in [5.41, 5.74) is 8.16. The van der Waals surface area contributed by atoms with Crippen LogP contribution in [0.3, 0.4) is 0 Å². The highest BCUT2D eigenvalue weighted by Gasteiger charge is 2.29. The van der Waals surface area contributed by atoms with Crippen molar-refractivity contribution in [3.8, 4) is 0 Å². The van der Waals surface area contributed by atoms with E-state index in [4.69, 9.17) is 15.3 Å². The minimum atomic E-state index is 0.230. The lowest BCUT2D eigenvalue weighted by Gasteiger charge is -2.07. The smallest absolute Gasteiger partial charge is 0.194 e. The molecule has 90 valence electrons. The van der Waals surface area contributed by atoms with E-state index >= 15 is 0 Å². The van der Waals surface area contributed by atoms with Crippen LogP contribution in [0.15, 0.2) is 17.0 Å². The lowest BCUT2D eigenvalue weighted by Crippen LogP contribution is -2.01. The number of nitrogens with two attached hydrogens (primary N) is 1. The summed E-state index contributed by atoms with van der Waals surface area (Å²) in [5, 5.41) is 9.81. The van der Waals surface area contributed by atoms with Crippen LogP contribution in [0, 0.1) is 0 Å². The molecule has 0 radical (unpaired) electrons. The molecule has 3 rings (SSSR count). The van der Waals surface area contributed by atoms with Crippen molar-refractivity contribution < 1.29 is 9.52 Å². The predicted octanol–water partition coefficient (Wildman–Crippen LogP) is 1.73. The molecule has 17 heavy (non-hydrogen) atoms. The molecule has 3 heterocycles. The fourth-order valence-electron chi connectivity index (χ4n) is 2.18. The maximum absolute atomic E-state index is 9.15. The maximum Gasteiger partial charge on any atom is 0.194 e. The molecule has 6 heteroatoms. The minimum Gasteiger partial charge on any atom is -0.458 e. The average Bonchev–Trinajstić information content (AvgIpc) is 2.94. The highest BCUT2D eigenvalue weighted by Crippen LogP contribution is 2.46. The first-order valence-corrected chi connectivity index (χ1v) is 6.47. The van der Waals surface area contributed by atoms with Crippen LogP contribution in [0.1, 0.15) is 23.7 Å². The molecular weight excluding hydrogens is 238 g/mol. The Morgan fingerprint density at radius 1 is 1.47 bits per heavy atom. The summed E-state index contributed by atoms with van der Waals surface area (Å²) in [6.45, 7) is 0.230. The van der Waals surface area contributed by atoms with E-state index in [0.29, 0.717) is 21.9 Å². The highest BCUT2D eigenvalue weighted by molar-refractivity contribution is 8.00. The number of aromatic nitrogens is 2. The van der Waals surface area contributed by atoms with E-state index in [9.17, 15) is 0 Å². The van der Waals surface area contributed by atoms with Gasteiger partial charge in [-0.05, 0) is 12.8 Å². The molecule has 1 fully saturated rings. The van der Waals surface area contributed by atoms with Crippen molar-refractivity contribution >= 4 is 28.7 Å². The van der Waals surface area contributed by atoms with E-state index in [1.54, 1.807) is 18.0 Å². The Hall–Kier alpha value is -1.27. The Morgan fingerprint density at radius 2 is 2.35 bits per heavy atom. The van der Waals surface area contributed by atoms with Crippen molar-refractivity contribution in [1.82, 2.24) is 9.97 Å². The van der Waals surface area contributed by atoms with Gasteiger partial charge in [-0.1, -0.05) is 0 Å². The van der Waals surface area contributed by atoms with Crippen LogP contribution < -0.4 is 5.73 Å². The summed E-state index contributed by atoms with van der Waals surface area (Å²) in [6.07, 6.45) is 5.24. The lowest BCUT2D eigenvalue weighted by molar-refractivity contribution is 0.292. The van der Waals surface area contributed by atoms with Crippen molar-refractivity contribution in [1.29, 1.82) is 0 Å². The Labute approximate surface area is 102 Å². The number of furan rings is 1. The van der Waals surface area contributed by atoms with Crippen molar-refractivity contribution in [2.45, 2.75) is 23.3 Å². The van der Waals surface area contributed by atoms with E-state index < -0.39 is 0 Å². The van der Waals surface area contributed by atoms with Gasteiger partial charge in [0.2, 0.25) is 0 Å². The molecule has 0 unspecified atom stereocenters. The first-order chi connectivity index (χ1) is 8.29. The van der Waals surface area contributed by atoms with Crippen LogP contribution in [-0.2, 0) is 0 Å². The fraction of sp³-hybridized carbons (Fsp3) is 0.455. The maximum atomic E-state index is 9.15. The predicted molar refractivity (Wildman–Crippen MR) is 66.7 cm³/mol. The van der Waals surface area contributed by atoms with Crippen LogP contribution in [0.4, 0.5) is 5.82 Å². The van der Waals surface area contributed by atoms with Gasteiger partial charge in [-0.2, -0.15) is 0 Å². The van der Waals surface area contributed by atoms with Gasteiger partial charge in [-0.25, -0.2) is 9.97 Å². The largest absolute Gasteiger partial charge is 0.458 e. The number of hydrogen-bond donors (Lipinski definition) is 2. The average molecular weight is 251 g/mol. The number of aliphatic hydroxyl groups excluding tert-OH is 1. The molecule has 1 aliphatic heterocycles.